The van der Waals surface area contributed by atoms with Gasteiger partial charge in [-0.2, -0.15) is 0 Å². The summed E-state index contributed by atoms with van der Waals surface area (Å²) in [5.41, 5.74) is 4.13. The van der Waals surface area contributed by atoms with Crippen molar-refractivity contribution in [3.8, 4) is 23.0 Å². The Morgan fingerprint density at radius 2 is 1.97 bits per heavy atom. The van der Waals surface area contributed by atoms with E-state index < -0.39 is 0 Å². The molecule has 0 saturated heterocycles. The summed E-state index contributed by atoms with van der Waals surface area (Å²) in [6.45, 7) is 3.75. The molecule has 0 aromatic heterocycles. The molecule has 0 amide bonds. The van der Waals surface area contributed by atoms with Crippen LogP contribution in [0.4, 0.5) is 0 Å². The molecule has 2 aromatic carbocycles. The van der Waals surface area contributed by atoms with Crippen molar-refractivity contribution in [1.82, 2.24) is 0 Å². The predicted octanol–water partition coefficient (Wildman–Crippen LogP) is 3.23. The molecule has 5 rings (SSSR count). The lowest BCUT2D eigenvalue weighted by atomic mass is 9.74. The Morgan fingerprint density at radius 1 is 1.20 bits per heavy atom. The summed E-state index contributed by atoms with van der Waals surface area (Å²) in [4.78, 5) is 13.6. The van der Waals surface area contributed by atoms with Gasteiger partial charge in [-0.25, -0.2) is 0 Å². The minimum atomic E-state index is -0.371. The zero-order chi connectivity index (χ0) is 21.0. The molecule has 2 aromatic rings. The van der Waals surface area contributed by atoms with Gasteiger partial charge in [0.2, 0.25) is 0 Å². The number of aliphatic hydroxyl groups excluding tert-OH is 1. The summed E-state index contributed by atoms with van der Waals surface area (Å²) in [5, 5.41) is 9.40. The normalized spacial score (nSPS) is 23.3. The minimum Gasteiger partial charge on any atom is -0.493 e. The fourth-order valence-electron chi connectivity index (χ4n) is 4.82. The summed E-state index contributed by atoms with van der Waals surface area (Å²) >= 11 is 0. The summed E-state index contributed by atoms with van der Waals surface area (Å²) in [6, 6.07) is 7.48. The summed E-state index contributed by atoms with van der Waals surface area (Å²) < 4.78 is 23.3. The van der Waals surface area contributed by atoms with E-state index in [1.54, 1.807) is 20.3 Å². The smallest absolute Gasteiger partial charge is 0.177 e. The highest BCUT2D eigenvalue weighted by Gasteiger charge is 2.44. The maximum absolute atomic E-state index is 13.6. The van der Waals surface area contributed by atoms with Crippen molar-refractivity contribution in [2.75, 3.05) is 20.8 Å². The average molecular weight is 408 g/mol. The Labute approximate surface area is 175 Å². The molecule has 0 bridgehead atoms. The van der Waals surface area contributed by atoms with Crippen molar-refractivity contribution >= 4 is 5.78 Å². The summed E-state index contributed by atoms with van der Waals surface area (Å²) in [6.07, 6.45) is 1.56. The molecule has 6 nitrogen and oxygen atoms in total. The van der Waals surface area contributed by atoms with E-state index >= 15 is 0 Å². The molecule has 30 heavy (non-hydrogen) atoms. The number of carbonyl (C=O) groups is 1. The van der Waals surface area contributed by atoms with E-state index in [0.29, 0.717) is 40.6 Å². The quantitative estimate of drug-likeness (QED) is 0.783. The molecule has 1 N–H and O–H groups in total. The van der Waals surface area contributed by atoms with Crippen LogP contribution in [0, 0.1) is 0 Å². The zero-order valence-electron chi connectivity index (χ0n) is 17.1. The Morgan fingerprint density at radius 3 is 2.70 bits per heavy atom. The number of aryl methyl sites for hydroxylation is 1. The molecule has 1 aliphatic carbocycles. The fraction of sp³-hybridized carbons (Fsp3) is 0.375. The average Bonchev–Trinajstić information content (AvgIpc) is 3.22. The van der Waals surface area contributed by atoms with Crippen molar-refractivity contribution in [1.29, 1.82) is 0 Å². The van der Waals surface area contributed by atoms with Gasteiger partial charge < -0.3 is 24.1 Å². The zero-order valence-corrected chi connectivity index (χ0v) is 17.1. The lowest BCUT2D eigenvalue weighted by Gasteiger charge is -2.38. The fourth-order valence-corrected chi connectivity index (χ4v) is 4.82. The van der Waals surface area contributed by atoms with Gasteiger partial charge in [0.25, 0.3) is 0 Å². The third-order valence-corrected chi connectivity index (χ3v) is 6.40. The van der Waals surface area contributed by atoms with Gasteiger partial charge in [0.1, 0.15) is 23.7 Å². The van der Waals surface area contributed by atoms with E-state index in [1.807, 2.05) is 18.2 Å². The molecule has 0 spiro atoms. The number of methoxy groups -OCH3 is 2. The number of rotatable bonds is 4. The van der Waals surface area contributed by atoms with Gasteiger partial charge in [0.15, 0.2) is 17.3 Å². The molecule has 3 aliphatic rings. The largest absolute Gasteiger partial charge is 0.493 e. The second-order valence-electron chi connectivity index (χ2n) is 7.99. The van der Waals surface area contributed by atoms with Crippen LogP contribution in [0.1, 0.15) is 39.4 Å². The molecule has 3 atom stereocenters. The predicted molar refractivity (Wildman–Crippen MR) is 110 cm³/mol. The third kappa shape index (κ3) is 2.70. The highest BCUT2D eigenvalue weighted by molar-refractivity contribution is 6.05. The van der Waals surface area contributed by atoms with Crippen LogP contribution < -0.4 is 18.9 Å². The minimum absolute atomic E-state index is 0.0571. The van der Waals surface area contributed by atoms with Gasteiger partial charge in [-0.15, -0.1) is 0 Å². The van der Waals surface area contributed by atoms with Crippen LogP contribution in [0.25, 0.3) is 0 Å². The first kappa shape index (κ1) is 19.0. The third-order valence-electron chi connectivity index (χ3n) is 6.40. The SMILES string of the molecule is C=C(CO)[C@H]1Cc2c(ccc3c2O[C@H]2CCc4cc(OC)c(OC)cc4[C@@H]2C3=O)O1. The molecule has 0 saturated carbocycles. The van der Waals surface area contributed by atoms with E-state index in [1.165, 1.54) is 0 Å². The van der Waals surface area contributed by atoms with Crippen LogP contribution in [0.5, 0.6) is 23.0 Å². The van der Waals surface area contributed by atoms with Gasteiger partial charge in [-0.1, -0.05) is 6.58 Å². The molecule has 6 heteroatoms. The van der Waals surface area contributed by atoms with Crippen LogP contribution in [0.3, 0.4) is 0 Å². The number of hydrogen-bond donors (Lipinski definition) is 1. The molecule has 2 heterocycles. The summed E-state index contributed by atoms with van der Waals surface area (Å²) in [5.74, 6) is 2.29. The topological polar surface area (TPSA) is 74.2 Å². The Kier molecular flexibility index (Phi) is 4.47. The molecule has 0 unspecified atom stereocenters. The van der Waals surface area contributed by atoms with Crippen LogP contribution in [0.2, 0.25) is 0 Å². The molecule has 156 valence electrons. The number of ketones is 1. The number of carbonyl (C=O) groups excluding carboxylic acids is 1. The number of fused-ring (bicyclic) bond motifs is 6. The monoisotopic (exact) mass is 408 g/mol. The second-order valence-corrected chi connectivity index (χ2v) is 7.99. The Hall–Kier alpha value is -2.99. The highest BCUT2D eigenvalue weighted by atomic mass is 16.5. The Bertz CT molecular complexity index is 1060. The van der Waals surface area contributed by atoms with Crippen molar-refractivity contribution in [2.24, 2.45) is 0 Å². The van der Waals surface area contributed by atoms with Crippen LogP contribution >= 0.6 is 0 Å². The number of benzene rings is 2. The molecule has 2 aliphatic heterocycles. The molecular weight excluding hydrogens is 384 g/mol. The molecule has 0 radical (unpaired) electrons. The van der Waals surface area contributed by atoms with Gasteiger partial charge in [0.05, 0.1) is 32.3 Å². The highest BCUT2D eigenvalue weighted by Crippen LogP contribution is 2.49. The van der Waals surface area contributed by atoms with Crippen LogP contribution in [0.15, 0.2) is 36.4 Å². The number of ether oxygens (including phenoxy) is 4. The first-order valence-corrected chi connectivity index (χ1v) is 10.1. The lowest BCUT2D eigenvalue weighted by molar-refractivity contribution is 0.0745. The molecular formula is C24H24O6. The van der Waals surface area contributed by atoms with Gasteiger partial charge in [0, 0.05) is 12.0 Å². The first-order chi connectivity index (χ1) is 14.5. The van der Waals surface area contributed by atoms with Crippen molar-refractivity contribution in [3.63, 3.8) is 0 Å². The molecule has 0 fully saturated rings. The van der Waals surface area contributed by atoms with Gasteiger partial charge in [-0.3, -0.25) is 4.79 Å². The first-order valence-electron chi connectivity index (χ1n) is 10.1. The van der Waals surface area contributed by atoms with Crippen LogP contribution in [-0.2, 0) is 12.8 Å². The van der Waals surface area contributed by atoms with E-state index in [9.17, 15) is 9.90 Å². The lowest BCUT2D eigenvalue weighted by Crippen LogP contribution is -2.39. The maximum Gasteiger partial charge on any atom is 0.177 e. The number of aliphatic hydroxyl groups is 1. The number of hydrogen-bond acceptors (Lipinski definition) is 6. The summed E-state index contributed by atoms with van der Waals surface area (Å²) in [7, 11) is 3.21. The standard InChI is InChI=1S/C24H24O6/c1-12(11-25)19-10-16-17(29-19)7-5-14-23(26)22-15-9-21(28-3)20(27-2)8-13(15)4-6-18(22)30-24(14)16/h5,7-9,18-19,22,25H,1,4,6,10-11H2,2-3H3/t18-,19+,22-/m0/s1. The Balaban J connectivity index is 1.56. The maximum atomic E-state index is 13.6. The van der Waals surface area contributed by atoms with E-state index in [2.05, 4.69) is 6.58 Å². The van der Waals surface area contributed by atoms with Gasteiger partial charge in [-0.05, 0) is 53.8 Å². The number of Topliss-reactive ketones (excluding diaryl/α,β-unsaturated/α-hetero) is 1. The van der Waals surface area contributed by atoms with E-state index in [4.69, 9.17) is 18.9 Å². The van der Waals surface area contributed by atoms with E-state index in [-0.39, 0.29) is 30.5 Å². The van der Waals surface area contributed by atoms with Crippen molar-refractivity contribution in [3.05, 3.63) is 58.7 Å². The van der Waals surface area contributed by atoms with Crippen molar-refractivity contribution in [2.45, 2.75) is 37.4 Å². The second kappa shape index (κ2) is 7.06. The van der Waals surface area contributed by atoms with Crippen LogP contribution in [-0.4, -0.2) is 43.9 Å². The van der Waals surface area contributed by atoms with Gasteiger partial charge >= 0.3 is 0 Å². The van der Waals surface area contributed by atoms with Crippen molar-refractivity contribution < 1.29 is 28.8 Å². The van der Waals surface area contributed by atoms with E-state index in [0.717, 1.165) is 29.5 Å².